The smallest absolute Gasteiger partial charge is 0.118 e. The molecule has 0 fully saturated rings. The van der Waals surface area contributed by atoms with Crippen molar-refractivity contribution in [2.45, 2.75) is 89.9 Å². The van der Waals surface area contributed by atoms with Gasteiger partial charge in [0.05, 0.1) is 0 Å². The minimum Gasteiger partial charge on any atom is -0.508 e. The Bertz CT molecular complexity index is 920. The van der Waals surface area contributed by atoms with Gasteiger partial charge < -0.3 is 5.11 Å². The van der Waals surface area contributed by atoms with E-state index < -0.39 is 0 Å². The molecule has 0 aliphatic heterocycles. The normalized spacial score (nSPS) is 12.3. The van der Waals surface area contributed by atoms with Gasteiger partial charge in [0, 0.05) is 0 Å². The predicted molar refractivity (Wildman–Crippen MR) is 147 cm³/mol. The second-order valence-electron chi connectivity index (χ2n) is 11.0. The van der Waals surface area contributed by atoms with Crippen molar-refractivity contribution in [3.63, 3.8) is 0 Å². The Kier molecular flexibility index (Phi) is 9.39. The van der Waals surface area contributed by atoms with Gasteiger partial charge >= 0.3 is 0 Å². The molecule has 3 aromatic carbocycles. The third-order valence-electron chi connectivity index (χ3n) is 7.96. The van der Waals surface area contributed by atoms with E-state index in [0.717, 1.165) is 18.4 Å². The van der Waals surface area contributed by atoms with Gasteiger partial charge in [-0.1, -0.05) is 139 Å². The highest BCUT2D eigenvalue weighted by molar-refractivity contribution is 5.32. The average molecular weight is 457 g/mol. The molecule has 0 amide bonds. The van der Waals surface area contributed by atoms with E-state index in [4.69, 9.17) is 0 Å². The van der Waals surface area contributed by atoms with Crippen molar-refractivity contribution in [2.75, 3.05) is 0 Å². The molecule has 0 aliphatic carbocycles. The minimum atomic E-state index is 0.0955. The van der Waals surface area contributed by atoms with Crippen LogP contribution in [0.4, 0.5) is 0 Å². The van der Waals surface area contributed by atoms with Crippen LogP contribution in [-0.4, -0.2) is 5.11 Å². The zero-order valence-corrected chi connectivity index (χ0v) is 21.8. The van der Waals surface area contributed by atoms with Gasteiger partial charge in [0.25, 0.3) is 0 Å². The topological polar surface area (TPSA) is 20.2 Å². The monoisotopic (exact) mass is 456 g/mol. The van der Waals surface area contributed by atoms with Crippen molar-refractivity contribution in [2.24, 2.45) is 5.92 Å². The molecule has 0 bridgehead atoms. The number of rotatable bonds is 13. The van der Waals surface area contributed by atoms with E-state index in [0.29, 0.717) is 11.7 Å². The molecule has 1 heteroatoms. The second kappa shape index (κ2) is 12.2. The largest absolute Gasteiger partial charge is 0.508 e. The fourth-order valence-corrected chi connectivity index (χ4v) is 5.85. The van der Waals surface area contributed by atoms with Gasteiger partial charge in [0.2, 0.25) is 0 Å². The maximum absolute atomic E-state index is 9.93. The highest BCUT2D eigenvalue weighted by Gasteiger charge is 2.41. The number of unbranched alkanes of at least 4 members (excludes halogenated alkanes) is 5. The molecule has 3 aromatic rings. The standard InChI is InChI=1S/C33H44O/c1-32(2,28-21-12-9-13-22-28)31(33(3,4)29-23-14-10-15-24-29)26-16-8-6-5-7-11-19-27-20-17-18-25-30(27)34/h9-10,12-15,17-18,20-25,31,34H,5-8,11,16,19,26H2,1-4H3. The fraction of sp³-hybridized carbons (Fsp3) is 0.455. The van der Waals surface area contributed by atoms with Crippen LogP contribution in [0.2, 0.25) is 0 Å². The van der Waals surface area contributed by atoms with Crippen molar-refractivity contribution >= 4 is 0 Å². The summed E-state index contributed by atoms with van der Waals surface area (Å²) in [5.41, 5.74) is 4.15. The number of hydrogen-bond acceptors (Lipinski definition) is 1. The summed E-state index contributed by atoms with van der Waals surface area (Å²) >= 11 is 0. The maximum Gasteiger partial charge on any atom is 0.118 e. The first-order valence-electron chi connectivity index (χ1n) is 13.2. The number of benzene rings is 3. The quantitative estimate of drug-likeness (QED) is 0.254. The van der Waals surface area contributed by atoms with Gasteiger partial charge in [-0.3, -0.25) is 0 Å². The molecule has 1 N–H and O–H groups in total. The highest BCUT2D eigenvalue weighted by Crippen LogP contribution is 2.47. The SMILES string of the molecule is CC(C)(c1ccccc1)C(CCCCCCCCc1ccccc1O)C(C)(C)c1ccccc1. The number of phenolic OH excluding ortho intramolecular Hbond substituents is 1. The van der Waals surface area contributed by atoms with Gasteiger partial charge in [-0.25, -0.2) is 0 Å². The summed E-state index contributed by atoms with van der Waals surface area (Å²) in [6.45, 7) is 9.76. The Morgan fingerprint density at radius 2 is 1.00 bits per heavy atom. The van der Waals surface area contributed by atoms with Crippen LogP contribution in [0, 0.1) is 5.92 Å². The van der Waals surface area contributed by atoms with Crippen molar-refractivity contribution < 1.29 is 5.11 Å². The first-order chi connectivity index (χ1) is 16.3. The number of hydrogen-bond donors (Lipinski definition) is 1. The Labute approximate surface area is 208 Å². The summed E-state index contributed by atoms with van der Waals surface area (Å²) in [6, 6.07) is 29.9. The Balaban J connectivity index is 1.55. The molecule has 0 aliphatic rings. The van der Waals surface area contributed by atoms with E-state index in [9.17, 15) is 5.11 Å². The van der Waals surface area contributed by atoms with Crippen molar-refractivity contribution in [3.05, 3.63) is 102 Å². The van der Waals surface area contributed by atoms with E-state index >= 15 is 0 Å². The lowest BCUT2D eigenvalue weighted by atomic mass is 9.58. The fourth-order valence-electron chi connectivity index (χ4n) is 5.85. The van der Waals surface area contributed by atoms with Gasteiger partial charge in [-0.2, -0.15) is 0 Å². The molecule has 0 spiro atoms. The molecule has 1 nitrogen and oxygen atoms in total. The number of para-hydroxylation sites is 1. The van der Waals surface area contributed by atoms with Crippen molar-refractivity contribution in [1.82, 2.24) is 0 Å². The molecule has 0 unspecified atom stereocenters. The van der Waals surface area contributed by atoms with E-state index in [1.54, 1.807) is 6.07 Å². The summed E-state index contributed by atoms with van der Waals surface area (Å²) in [5.74, 6) is 0.987. The lowest BCUT2D eigenvalue weighted by molar-refractivity contribution is 0.181. The minimum absolute atomic E-state index is 0.0955. The summed E-state index contributed by atoms with van der Waals surface area (Å²) < 4.78 is 0. The number of aromatic hydroxyl groups is 1. The van der Waals surface area contributed by atoms with Crippen LogP contribution in [-0.2, 0) is 17.3 Å². The molecule has 0 atom stereocenters. The summed E-state index contributed by atoms with van der Waals surface area (Å²) in [5, 5.41) is 9.93. The van der Waals surface area contributed by atoms with E-state index in [2.05, 4.69) is 88.4 Å². The molecule has 0 heterocycles. The summed E-state index contributed by atoms with van der Waals surface area (Å²) in [6.07, 6.45) is 9.75. The zero-order valence-electron chi connectivity index (χ0n) is 21.8. The predicted octanol–water partition coefficient (Wildman–Crippen LogP) is 9.24. The van der Waals surface area contributed by atoms with Crippen molar-refractivity contribution in [1.29, 1.82) is 0 Å². The van der Waals surface area contributed by atoms with Crippen LogP contribution < -0.4 is 0 Å². The molecule has 0 aromatic heterocycles. The van der Waals surface area contributed by atoms with E-state index in [1.165, 1.54) is 49.7 Å². The molecule has 0 radical (unpaired) electrons. The number of aryl methyl sites for hydroxylation is 1. The van der Waals surface area contributed by atoms with Crippen LogP contribution >= 0.6 is 0 Å². The second-order valence-corrected chi connectivity index (χ2v) is 11.0. The molecule has 182 valence electrons. The average Bonchev–Trinajstić information content (AvgIpc) is 2.85. The third-order valence-corrected chi connectivity index (χ3v) is 7.96. The zero-order chi connectivity index (χ0) is 24.4. The lowest BCUT2D eigenvalue weighted by Crippen LogP contribution is -2.42. The summed E-state index contributed by atoms with van der Waals surface area (Å²) in [4.78, 5) is 0. The van der Waals surface area contributed by atoms with Crippen LogP contribution in [0.1, 0.15) is 89.3 Å². The number of phenols is 1. The molecule has 0 saturated carbocycles. The Morgan fingerprint density at radius 3 is 1.53 bits per heavy atom. The molecule has 34 heavy (non-hydrogen) atoms. The molecule has 3 rings (SSSR count). The first-order valence-corrected chi connectivity index (χ1v) is 13.2. The van der Waals surface area contributed by atoms with Crippen LogP contribution in [0.25, 0.3) is 0 Å². The van der Waals surface area contributed by atoms with E-state index in [-0.39, 0.29) is 10.8 Å². The molecular formula is C33H44O. The van der Waals surface area contributed by atoms with Gasteiger partial charge in [0.1, 0.15) is 5.75 Å². The Morgan fingerprint density at radius 1 is 0.559 bits per heavy atom. The van der Waals surface area contributed by atoms with Crippen molar-refractivity contribution in [3.8, 4) is 5.75 Å². The highest BCUT2D eigenvalue weighted by atomic mass is 16.3. The Hall–Kier alpha value is -2.54. The van der Waals surface area contributed by atoms with Crippen LogP contribution in [0.5, 0.6) is 5.75 Å². The maximum atomic E-state index is 9.93. The lowest BCUT2D eigenvalue weighted by Gasteiger charge is -2.46. The summed E-state index contributed by atoms with van der Waals surface area (Å²) in [7, 11) is 0. The van der Waals surface area contributed by atoms with Gasteiger partial charge in [0.15, 0.2) is 0 Å². The molecule has 0 saturated heterocycles. The third kappa shape index (κ3) is 6.75. The van der Waals surface area contributed by atoms with Gasteiger partial charge in [-0.15, -0.1) is 0 Å². The van der Waals surface area contributed by atoms with Crippen LogP contribution in [0.3, 0.4) is 0 Å². The van der Waals surface area contributed by atoms with E-state index in [1.807, 2.05) is 18.2 Å². The first kappa shape index (κ1) is 26.1. The molecular weight excluding hydrogens is 412 g/mol. The van der Waals surface area contributed by atoms with Gasteiger partial charge in [-0.05, 0) is 58.8 Å². The van der Waals surface area contributed by atoms with Crippen LogP contribution in [0.15, 0.2) is 84.9 Å².